The maximum Gasteiger partial charge on any atom is 0.340 e. The molecule has 10 heteroatoms. The molecule has 3 rings (SSSR count). The molecule has 1 aromatic heterocycles. The molecule has 9 nitrogen and oxygen atoms in total. The van der Waals surface area contributed by atoms with E-state index in [1.165, 1.54) is 10.4 Å². The van der Waals surface area contributed by atoms with E-state index in [9.17, 15) is 13.2 Å². The Labute approximate surface area is 170 Å². The number of sulfonamides is 1. The van der Waals surface area contributed by atoms with Gasteiger partial charge in [-0.05, 0) is 31.0 Å². The Kier molecular flexibility index (Phi) is 6.53. The number of aryl methyl sites for hydroxylation is 1. The number of esters is 1. The van der Waals surface area contributed by atoms with Gasteiger partial charge in [-0.2, -0.15) is 4.31 Å². The van der Waals surface area contributed by atoms with Crippen LogP contribution >= 0.6 is 0 Å². The first kappa shape index (κ1) is 21.3. The third-order valence-electron chi connectivity index (χ3n) is 4.87. The average molecular weight is 423 g/mol. The van der Waals surface area contributed by atoms with E-state index in [1.54, 1.807) is 32.9 Å². The van der Waals surface area contributed by atoms with Crippen LogP contribution in [-0.4, -0.2) is 55.1 Å². The minimum absolute atomic E-state index is 0.0738. The molecule has 0 unspecified atom stereocenters. The van der Waals surface area contributed by atoms with Gasteiger partial charge in [0.2, 0.25) is 15.9 Å². The van der Waals surface area contributed by atoms with Crippen molar-refractivity contribution in [2.24, 2.45) is 0 Å². The maximum absolute atomic E-state index is 12.9. The summed E-state index contributed by atoms with van der Waals surface area (Å²) in [4.78, 5) is 15.0. The van der Waals surface area contributed by atoms with E-state index in [0.29, 0.717) is 24.7 Å². The predicted octanol–water partition coefficient (Wildman–Crippen LogP) is 2.37. The highest BCUT2D eigenvalue weighted by Gasteiger charge is 2.27. The summed E-state index contributed by atoms with van der Waals surface area (Å²) in [5.41, 5.74) is 0.893. The van der Waals surface area contributed by atoms with Crippen LogP contribution in [0.3, 0.4) is 0 Å². The van der Waals surface area contributed by atoms with Crippen LogP contribution in [-0.2, 0) is 21.4 Å². The third kappa shape index (κ3) is 4.59. The van der Waals surface area contributed by atoms with Crippen LogP contribution < -0.4 is 4.90 Å². The van der Waals surface area contributed by atoms with Gasteiger partial charge in [0.25, 0.3) is 5.89 Å². The summed E-state index contributed by atoms with van der Waals surface area (Å²) in [6.07, 6.45) is 2.05. The van der Waals surface area contributed by atoms with Crippen LogP contribution in [0.25, 0.3) is 0 Å². The lowest BCUT2D eigenvalue weighted by molar-refractivity contribution is 0.0437. The van der Waals surface area contributed by atoms with E-state index in [1.807, 2.05) is 0 Å². The first-order chi connectivity index (χ1) is 13.9. The van der Waals surface area contributed by atoms with Gasteiger partial charge < -0.3 is 14.1 Å². The predicted molar refractivity (Wildman–Crippen MR) is 106 cm³/mol. The van der Waals surface area contributed by atoms with E-state index in [2.05, 4.69) is 15.1 Å². The fraction of sp³-hybridized carbons (Fsp3) is 0.526. The number of nitrogens with zero attached hydrogens (tertiary/aromatic N) is 4. The topological polar surface area (TPSA) is 106 Å². The molecule has 2 heterocycles. The molecule has 0 aliphatic carbocycles. The fourth-order valence-corrected chi connectivity index (χ4v) is 4.87. The van der Waals surface area contributed by atoms with Crippen molar-refractivity contribution < 1.29 is 22.4 Å². The normalized spacial score (nSPS) is 14.6. The summed E-state index contributed by atoms with van der Waals surface area (Å²) in [6, 6.07) is 4.65. The molecule has 1 aliphatic rings. The minimum atomic E-state index is -3.70. The molecular formula is C19H26N4O5S. The quantitative estimate of drug-likeness (QED) is 0.597. The molecule has 0 amide bonds. The van der Waals surface area contributed by atoms with Crippen LogP contribution in [0, 0.1) is 6.92 Å². The Morgan fingerprint density at radius 1 is 1.21 bits per heavy atom. The van der Waals surface area contributed by atoms with Gasteiger partial charge in [0.15, 0.2) is 6.61 Å². The number of hydrogen-bond donors (Lipinski definition) is 0. The van der Waals surface area contributed by atoms with E-state index < -0.39 is 16.0 Å². The Morgan fingerprint density at radius 2 is 1.90 bits per heavy atom. The lowest BCUT2D eigenvalue weighted by Crippen LogP contribution is -2.31. The molecule has 1 fully saturated rings. The average Bonchev–Trinajstić information content (AvgIpc) is 3.38. The molecule has 0 radical (unpaired) electrons. The Morgan fingerprint density at radius 3 is 2.48 bits per heavy atom. The number of carbonyl (C=O) groups excluding carboxylic acids is 1. The van der Waals surface area contributed by atoms with Crippen molar-refractivity contribution in [2.75, 3.05) is 31.1 Å². The van der Waals surface area contributed by atoms with E-state index >= 15 is 0 Å². The zero-order valence-corrected chi connectivity index (χ0v) is 17.7. The number of benzene rings is 1. The molecule has 0 atom stereocenters. The highest BCUT2D eigenvalue weighted by atomic mass is 32.2. The van der Waals surface area contributed by atoms with Gasteiger partial charge in [-0.15, -0.1) is 10.2 Å². The molecule has 1 aromatic carbocycles. The van der Waals surface area contributed by atoms with Gasteiger partial charge >= 0.3 is 5.97 Å². The van der Waals surface area contributed by atoms with Gasteiger partial charge in [-0.3, -0.25) is 0 Å². The Hall–Kier alpha value is -2.46. The number of hydrogen-bond acceptors (Lipinski definition) is 8. The largest absolute Gasteiger partial charge is 0.452 e. The van der Waals surface area contributed by atoms with Crippen molar-refractivity contribution >= 4 is 21.7 Å². The van der Waals surface area contributed by atoms with Crippen molar-refractivity contribution in [1.82, 2.24) is 14.5 Å². The molecule has 0 bridgehead atoms. The lowest BCUT2D eigenvalue weighted by Gasteiger charge is -2.23. The van der Waals surface area contributed by atoms with Crippen molar-refractivity contribution in [1.29, 1.82) is 0 Å². The zero-order valence-electron chi connectivity index (χ0n) is 16.9. The van der Waals surface area contributed by atoms with Crippen molar-refractivity contribution in [2.45, 2.75) is 45.1 Å². The van der Waals surface area contributed by atoms with E-state index in [0.717, 1.165) is 25.9 Å². The highest BCUT2D eigenvalue weighted by Crippen LogP contribution is 2.29. The maximum atomic E-state index is 12.9. The molecule has 0 N–H and O–H groups in total. The molecule has 0 spiro atoms. The number of anilines is 1. The monoisotopic (exact) mass is 422 g/mol. The zero-order chi connectivity index (χ0) is 21.0. The van der Waals surface area contributed by atoms with E-state index in [-0.39, 0.29) is 23.0 Å². The summed E-state index contributed by atoms with van der Waals surface area (Å²) >= 11 is 0. The van der Waals surface area contributed by atoms with E-state index in [4.69, 9.17) is 9.15 Å². The van der Waals surface area contributed by atoms with Crippen LogP contribution in [0.2, 0.25) is 0 Å². The number of ether oxygens (including phenoxy) is 1. The van der Waals surface area contributed by atoms with Crippen molar-refractivity contribution in [3.63, 3.8) is 0 Å². The molecule has 1 saturated heterocycles. The Balaban J connectivity index is 1.93. The molecule has 29 heavy (non-hydrogen) atoms. The van der Waals surface area contributed by atoms with Crippen LogP contribution in [0.1, 0.15) is 48.8 Å². The van der Waals surface area contributed by atoms with Crippen LogP contribution in [0.5, 0.6) is 0 Å². The summed E-state index contributed by atoms with van der Waals surface area (Å²) in [5.74, 6) is -0.0639. The summed E-state index contributed by atoms with van der Waals surface area (Å²) in [5, 5.41) is 7.51. The van der Waals surface area contributed by atoms with Gasteiger partial charge in [0.05, 0.1) is 16.1 Å². The van der Waals surface area contributed by atoms with Crippen LogP contribution in [0.15, 0.2) is 27.5 Å². The second-order valence-corrected chi connectivity index (χ2v) is 8.69. The lowest BCUT2D eigenvalue weighted by atomic mass is 10.1. The highest BCUT2D eigenvalue weighted by molar-refractivity contribution is 7.89. The summed E-state index contributed by atoms with van der Waals surface area (Å²) < 4.78 is 37.7. The van der Waals surface area contributed by atoms with Crippen molar-refractivity contribution in [3.8, 4) is 0 Å². The molecule has 158 valence electrons. The van der Waals surface area contributed by atoms with Gasteiger partial charge in [0, 0.05) is 33.1 Å². The van der Waals surface area contributed by atoms with Gasteiger partial charge in [-0.1, -0.05) is 13.8 Å². The third-order valence-corrected chi connectivity index (χ3v) is 6.92. The second kappa shape index (κ2) is 8.91. The second-order valence-electron chi connectivity index (χ2n) is 6.75. The molecule has 0 saturated carbocycles. The van der Waals surface area contributed by atoms with Crippen molar-refractivity contribution in [3.05, 3.63) is 35.5 Å². The molecule has 2 aromatic rings. The molecular weight excluding hydrogens is 396 g/mol. The van der Waals surface area contributed by atoms with Gasteiger partial charge in [-0.25, -0.2) is 13.2 Å². The number of aromatic nitrogens is 2. The fourth-order valence-electron chi connectivity index (χ4n) is 3.39. The summed E-state index contributed by atoms with van der Waals surface area (Å²) in [7, 11) is -3.70. The minimum Gasteiger partial charge on any atom is -0.452 e. The smallest absolute Gasteiger partial charge is 0.340 e. The first-order valence-electron chi connectivity index (χ1n) is 9.72. The Bertz CT molecular complexity index is 963. The van der Waals surface area contributed by atoms with Gasteiger partial charge in [0.1, 0.15) is 0 Å². The number of carbonyl (C=O) groups is 1. The molecule has 1 aliphatic heterocycles. The number of rotatable bonds is 8. The SMILES string of the molecule is CCN(CC)S(=O)(=O)c1ccc(N2CCCC2)c(C(=O)OCc2nnc(C)o2)c1. The van der Waals surface area contributed by atoms with Crippen LogP contribution in [0.4, 0.5) is 5.69 Å². The first-order valence-corrected chi connectivity index (χ1v) is 11.2. The standard InChI is InChI=1S/C19H26N4O5S/c1-4-23(5-2)29(25,26)15-8-9-17(22-10-6-7-11-22)16(12-15)19(24)27-13-18-21-20-14(3)28-18/h8-9,12H,4-7,10-11,13H2,1-3H3. The summed E-state index contributed by atoms with van der Waals surface area (Å²) in [6.45, 7) is 7.35.